The van der Waals surface area contributed by atoms with E-state index in [-0.39, 0.29) is 12.0 Å². The highest BCUT2D eigenvalue weighted by Crippen LogP contribution is 2.18. The van der Waals surface area contributed by atoms with Crippen LogP contribution in [-0.2, 0) is 9.53 Å². The zero-order valence-electron chi connectivity index (χ0n) is 6.76. The number of methoxy groups -OCH3 is 1. The molecule has 0 aromatic rings. The van der Waals surface area contributed by atoms with Crippen LogP contribution in [0.1, 0.15) is 13.3 Å². The lowest BCUT2D eigenvalue weighted by Gasteiger charge is -2.13. The van der Waals surface area contributed by atoms with E-state index in [2.05, 4.69) is 10.1 Å². The third kappa shape index (κ3) is 1.91. The molecule has 0 spiro atoms. The molecule has 1 aliphatic rings. The summed E-state index contributed by atoms with van der Waals surface area (Å²) >= 11 is 0. The van der Waals surface area contributed by atoms with Crippen LogP contribution < -0.4 is 5.32 Å². The Balaban J connectivity index is 2.48. The predicted octanol–water partition coefficient (Wildman–Crippen LogP) is -0.728. The second-order valence-electron chi connectivity index (χ2n) is 3.16. The van der Waals surface area contributed by atoms with Crippen LogP contribution in [0.2, 0.25) is 0 Å². The molecule has 0 aromatic carbocycles. The van der Waals surface area contributed by atoms with E-state index in [0.717, 1.165) is 0 Å². The predicted molar refractivity (Wildman–Crippen MR) is 39.0 cm³/mol. The first-order chi connectivity index (χ1) is 5.05. The van der Waals surface area contributed by atoms with E-state index in [1.165, 1.54) is 7.11 Å². The maximum absolute atomic E-state index is 10.9. The third-order valence-corrected chi connectivity index (χ3v) is 1.86. The smallest absolute Gasteiger partial charge is 0.322 e. The van der Waals surface area contributed by atoms with Crippen molar-refractivity contribution >= 4 is 5.97 Å². The van der Waals surface area contributed by atoms with E-state index in [1.807, 2.05) is 0 Å². The lowest BCUT2D eigenvalue weighted by molar-refractivity contribution is -0.143. The molecule has 0 saturated carbocycles. The zero-order valence-corrected chi connectivity index (χ0v) is 6.76. The minimum absolute atomic E-state index is 0.303. The molecule has 1 saturated heterocycles. The molecule has 0 radical (unpaired) electrons. The highest BCUT2D eigenvalue weighted by atomic mass is 16.5. The summed E-state index contributed by atoms with van der Waals surface area (Å²) in [6.45, 7) is 2.15. The molecule has 1 fully saturated rings. The van der Waals surface area contributed by atoms with Crippen LogP contribution in [0.25, 0.3) is 0 Å². The SMILES string of the molecule is COC(=O)[C@@H]1C[C@@](C)(O)CN1. The topological polar surface area (TPSA) is 58.6 Å². The molecule has 64 valence electrons. The first-order valence-electron chi connectivity index (χ1n) is 3.59. The van der Waals surface area contributed by atoms with Gasteiger partial charge in [-0.3, -0.25) is 4.79 Å². The second-order valence-corrected chi connectivity index (χ2v) is 3.16. The van der Waals surface area contributed by atoms with Gasteiger partial charge in [-0.1, -0.05) is 0 Å². The second kappa shape index (κ2) is 2.79. The van der Waals surface area contributed by atoms with Crippen molar-refractivity contribution in [2.75, 3.05) is 13.7 Å². The summed E-state index contributed by atoms with van der Waals surface area (Å²) in [5.74, 6) is -0.303. The molecule has 2 atom stereocenters. The van der Waals surface area contributed by atoms with Gasteiger partial charge in [-0.15, -0.1) is 0 Å². The fourth-order valence-corrected chi connectivity index (χ4v) is 1.24. The summed E-state index contributed by atoms with van der Waals surface area (Å²) in [6.07, 6.45) is 0.430. The summed E-state index contributed by atoms with van der Waals surface area (Å²) in [5, 5.41) is 12.3. The van der Waals surface area contributed by atoms with Gasteiger partial charge in [0.15, 0.2) is 0 Å². The first kappa shape index (κ1) is 8.49. The molecule has 0 unspecified atom stereocenters. The minimum atomic E-state index is -0.765. The Kier molecular flexibility index (Phi) is 2.15. The van der Waals surface area contributed by atoms with Crippen molar-refractivity contribution in [2.24, 2.45) is 0 Å². The average molecular weight is 159 g/mol. The number of ether oxygens (including phenoxy) is 1. The molecule has 1 heterocycles. The van der Waals surface area contributed by atoms with Gasteiger partial charge in [-0.05, 0) is 6.92 Å². The van der Waals surface area contributed by atoms with Crippen molar-refractivity contribution in [3.05, 3.63) is 0 Å². The van der Waals surface area contributed by atoms with Gasteiger partial charge in [-0.25, -0.2) is 0 Å². The number of hydrogen-bond acceptors (Lipinski definition) is 4. The summed E-state index contributed by atoms with van der Waals surface area (Å²) in [5.41, 5.74) is -0.765. The van der Waals surface area contributed by atoms with Crippen molar-refractivity contribution in [3.63, 3.8) is 0 Å². The van der Waals surface area contributed by atoms with Crippen molar-refractivity contribution in [1.29, 1.82) is 0 Å². The maximum atomic E-state index is 10.9. The number of nitrogens with one attached hydrogen (secondary N) is 1. The maximum Gasteiger partial charge on any atom is 0.322 e. The number of aliphatic hydroxyl groups is 1. The van der Waals surface area contributed by atoms with E-state index >= 15 is 0 Å². The Hall–Kier alpha value is -0.610. The Morgan fingerprint density at radius 3 is 2.82 bits per heavy atom. The molecule has 1 rings (SSSR count). The van der Waals surface area contributed by atoms with Gasteiger partial charge in [0, 0.05) is 13.0 Å². The van der Waals surface area contributed by atoms with E-state index in [0.29, 0.717) is 13.0 Å². The van der Waals surface area contributed by atoms with Gasteiger partial charge in [0.05, 0.1) is 12.7 Å². The molecular formula is C7H13NO3. The van der Waals surface area contributed by atoms with Crippen LogP contribution in [0.15, 0.2) is 0 Å². The Morgan fingerprint density at radius 1 is 1.82 bits per heavy atom. The zero-order chi connectivity index (χ0) is 8.48. The Labute approximate surface area is 65.5 Å². The van der Waals surface area contributed by atoms with Crippen LogP contribution >= 0.6 is 0 Å². The molecule has 2 N–H and O–H groups in total. The van der Waals surface area contributed by atoms with Crippen molar-refractivity contribution in [2.45, 2.75) is 25.0 Å². The highest BCUT2D eigenvalue weighted by molar-refractivity contribution is 5.76. The van der Waals surface area contributed by atoms with Gasteiger partial charge in [-0.2, -0.15) is 0 Å². The van der Waals surface area contributed by atoms with Crippen LogP contribution in [0.5, 0.6) is 0 Å². The van der Waals surface area contributed by atoms with E-state index in [9.17, 15) is 9.90 Å². The molecule has 4 heteroatoms. The largest absolute Gasteiger partial charge is 0.468 e. The lowest BCUT2D eigenvalue weighted by atomic mass is 10.0. The van der Waals surface area contributed by atoms with Gasteiger partial charge in [0.2, 0.25) is 0 Å². The van der Waals surface area contributed by atoms with Crippen molar-refractivity contribution in [3.8, 4) is 0 Å². The van der Waals surface area contributed by atoms with Crippen molar-refractivity contribution < 1.29 is 14.6 Å². The highest BCUT2D eigenvalue weighted by Gasteiger charge is 2.36. The molecule has 0 aromatic heterocycles. The molecule has 11 heavy (non-hydrogen) atoms. The molecule has 0 bridgehead atoms. The van der Waals surface area contributed by atoms with Crippen LogP contribution in [0.4, 0.5) is 0 Å². The summed E-state index contributed by atoms with van der Waals surface area (Å²) in [4.78, 5) is 10.9. The van der Waals surface area contributed by atoms with E-state index in [1.54, 1.807) is 6.92 Å². The number of esters is 1. The first-order valence-corrected chi connectivity index (χ1v) is 3.59. The van der Waals surface area contributed by atoms with Crippen molar-refractivity contribution in [1.82, 2.24) is 5.32 Å². The lowest BCUT2D eigenvalue weighted by Crippen LogP contribution is -2.31. The molecule has 0 amide bonds. The standard InChI is InChI=1S/C7H13NO3/c1-7(10)3-5(8-4-7)6(9)11-2/h5,8,10H,3-4H2,1-2H3/t5-,7+/m0/s1. The number of rotatable bonds is 1. The Morgan fingerprint density at radius 2 is 2.45 bits per heavy atom. The van der Waals surface area contributed by atoms with Gasteiger partial charge in [0.25, 0.3) is 0 Å². The fraction of sp³-hybridized carbons (Fsp3) is 0.857. The van der Waals surface area contributed by atoms with Gasteiger partial charge in [0.1, 0.15) is 6.04 Å². The fourth-order valence-electron chi connectivity index (χ4n) is 1.24. The van der Waals surface area contributed by atoms with Gasteiger partial charge >= 0.3 is 5.97 Å². The number of carbonyl (C=O) groups is 1. The van der Waals surface area contributed by atoms with Crippen LogP contribution in [-0.4, -0.2) is 36.4 Å². The monoisotopic (exact) mass is 159 g/mol. The quantitative estimate of drug-likeness (QED) is 0.495. The van der Waals surface area contributed by atoms with Crippen LogP contribution in [0, 0.1) is 0 Å². The third-order valence-electron chi connectivity index (χ3n) is 1.86. The molecule has 0 aliphatic carbocycles. The van der Waals surface area contributed by atoms with E-state index < -0.39 is 5.60 Å². The Bertz CT molecular complexity index is 167. The van der Waals surface area contributed by atoms with Gasteiger partial charge < -0.3 is 15.2 Å². The summed E-state index contributed by atoms with van der Waals surface area (Å²) in [7, 11) is 1.34. The normalized spacial score (nSPS) is 37.2. The summed E-state index contributed by atoms with van der Waals surface area (Å²) in [6, 6.07) is -0.338. The average Bonchev–Trinajstić information content (AvgIpc) is 2.29. The molecule has 1 aliphatic heterocycles. The molecular weight excluding hydrogens is 146 g/mol. The number of carbonyl (C=O) groups excluding carboxylic acids is 1. The number of β-amino-alcohol motifs (C(OH)–C–C–N with tert-alkyl or cyclic N) is 1. The van der Waals surface area contributed by atoms with E-state index in [4.69, 9.17) is 0 Å². The minimum Gasteiger partial charge on any atom is -0.468 e. The summed E-state index contributed by atoms with van der Waals surface area (Å²) < 4.78 is 4.51. The molecule has 4 nitrogen and oxygen atoms in total. The number of hydrogen-bond donors (Lipinski definition) is 2. The van der Waals surface area contributed by atoms with Crippen LogP contribution in [0.3, 0.4) is 0 Å².